The SMILES string of the molecule is COc1cccc(OCCCOc2ccc3c4ccccc4n(CC(=O)O)c3c2)c1OC. The number of hydrogen-bond donors (Lipinski definition) is 1. The van der Waals surface area contributed by atoms with Crippen LogP contribution < -0.4 is 18.9 Å². The van der Waals surface area contributed by atoms with Crippen LogP contribution in [-0.4, -0.2) is 43.1 Å². The first-order chi connectivity index (χ1) is 15.6. The van der Waals surface area contributed by atoms with Crippen LogP contribution in [0, 0.1) is 0 Å². The van der Waals surface area contributed by atoms with Gasteiger partial charge in [-0.15, -0.1) is 0 Å². The molecule has 0 saturated heterocycles. The molecule has 0 bridgehead atoms. The number of nitrogens with zero attached hydrogens (tertiary/aromatic N) is 1. The molecule has 0 amide bonds. The predicted molar refractivity (Wildman–Crippen MR) is 122 cm³/mol. The molecule has 0 aliphatic heterocycles. The number of carboxylic acid groups (broad SMARTS) is 1. The van der Waals surface area contributed by atoms with E-state index in [1.807, 2.05) is 60.7 Å². The first-order valence-electron chi connectivity index (χ1n) is 10.3. The molecule has 0 saturated carbocycles. The summed E-state index contributed by atoms with van der Waals surface area (Å²) in [7, 11) is 3.16. The molecule has 4 rings (SSSR count). The van der Waals surface area contributed by atoms with Gasteiger partial charge in [0.25, 0.3) is 0 Å². The molecule has 0 fully saturated rings. The van der Waals surface area contributed by atoms with Crippen molar-refractivity contribution in [2.75, 3.05) is 27.4 Å². The van der Waals surface area contributed by atoms with Crippen LogP contribution in [0.3, 0.4) is 0 Å². The van der Waals surface area contributed by atoms with Gasteiger partial charge in [0, 0.05) is 28.8 Å². The summed E-state index contributed by atoms with van der Waals surface area (Å²) in [5.41, 5.74) is 1.73. The van der Waals surface area contributed by atoms with E-state index in [0.29, 0.717) is 42.6 Å². The number of aliphatic carboxylic acids is 1. The normalized spacial score (nSPS) is 10.9. The Bertz CT molecular complexity index is 1250. The number of para-hydroxylation sites is 2. The van der Waals surface area contributed by atoms with Crippen molar-refractivity contribution in [3.05, 3.63) is 60.7 Å². The minimum atomic E-state index is -0.885. The summed E-state index contributed by atoms with van der Waals surface area (Å²) in [6.45, 7) is 0.797. The average Bonchev–Trinajstić information content (AvgIpc) is 3.11. The lowest BCUT2D eigenvalue weighted by atomic mass is 10.1. The molecule has 4 aromatic rings. The van der Waals surface area contributed by atoms with Gasteiger partial charge < -0.3 is 28.6 Å². The quantitative estimate of drug-likeness (QED) is 0.362. The highest BCUT2D eigenvalue weighted by molar-refractivity contribution is 6.08. The fourth-order valence-electron chi connectivity index (χ4n) is 3.83. The predicted octanol–water partition coefficient (Wildman–Crippen LogP) is 4.74. The summed E-state index contributed by atoms with van der Waals surface area (Å²) in [5.74, 6) is 1.60. The molecule has 0 unspecified atom stereocenters. The lowest BCUT2D eigenvalue weighted by molar-refractivity contribution is -0.137. The van der Waals surface area contributed by atoms with Crippen LogP contribution in [0.1, 0.15) is 6.42 Å². The molecule has 166 valence electrons. The van der Waals surface area contributed by atoms with Crippen LogP contribution in [0.2, 0.25) is 0 Å². The summed E-state index contributed by atoms with van der Waals surface area (Å²) in [5, 5.41) is 11.4. The monoisotopic (exact) mass is 435 g/mol. The Labute approximate surface area is 185 Å². The molecule has 7 heteroatoms. The zero-order chi connectivity index (χ0) is 22.5. The Morgan fingerprint density at radius 3 is 2.38 bits per heavy atom. The number of benzene rings is 3. The van der Waals surface area contributed by atoms with Crippen LogP contribution in [0.4, 0.5) is 0 Å². The maximum absolute atomic E-state index is 11.4. The second kappa shape index (κ2) is 9.51. The number of fused-ring (bicyclic) bond motifs is 3. The van der Waals surface area contributed by atoms with E-state index in [9.17, 15) is 9.90 Å². The Kier molecular flexibility index (Phi) is 6.35. The molecule has 7 nitrogen and oxygen atoms in total. The van der Waals surface area contributed by atoms with E-state index in [4.69, 9.17) is 18.9 Å². The maximum Gasteiger partial charge on any atom is 0.323 e. The molecule has 0 atom stereocenters. The molecule has 1 N–H and O–H groups in total. The zero-order valence-corrected chi connectivity index (χ0v) is 18.0. The van der Waals surface area contributed by atoms with Gasteiger partial charge in [0.05, 0.1) is 33.0 Å². The summed E-state index contributed by atoms with van der Waals surface area (Å²) in [6, 6.07) is 19.1. The maximum atomic E-state index is 11.4. The van der Waals surface area contributed by atoms with Crippen molar-refractivity contribution in [1.82, 2.24) is 4.57 Å². The second-order valence-electron chi connectivity index (χ2n) is 7.22. The van der Waals surface area contributed by atoms with Crippen LogP contribution in [0.15, 0.2) is 60.7 Å². The Balaban J connectivity index is 1.43. The third-order valence-corrected chi connectivity index (χ3v) is 5.22. The molecular formula is C25H25NO6. The van der Waals surface area contributed by atoms with Gasteiger partial charge in [0.15, 0.2) is 11.5 Å². The first-order valence-corrected chi connectivity index (χ1v) is 10.3. The van der Waals surface area contributed by atoms with Crippen molar-refractivity contribution in [2.45, 2.75) is 13.0 Å². The van der Waals surface area contributed by atoms with Crippen molar-refractivity contribution in [3.8, 4) is 23.0 Å². The minimum absolute atomic E-state index is 0.107. The van der Waals surface area contributed by atoms with Crippen LogP contribution in [-0.2, 0) is 11.3 Å². The van der Waals surface area contributed by atoms with Crippen molar-refractivity contribution in [3.63, 3.8) is 0 Å². The van der Waals surface area contributed by atoms with E-state index in [-0.39, 0.29) is 6.54 Å². The third-order valence-electron chi connectivity index (χ3n) is 5.22. The van der Waals surface area contributed by atoms with Crippen molar-refractivity contribution < 1.29 is 28.8 Å². The van der Waals surface area contributed by atoms with Gasteiger partial charge in [-0.2, -0.15) is 0 Å². The van der Waals surface area contributed by atoms with Gasteiger partial charge in [-0.25, -0.2) is 0 Å². The molecule has 0 aliphatic rings. The topological polar surface area (TPSA) is 79.2 Å². The number of rotatable bonds is 10. The van der Waals surface area contributed by atoms with Crippen molar-refractivity contribution >= 4 is 27.8 Å². The van der Waals surface area contributed by atoms with E-state index in [1.165, 1.54) is 0 Å². The van der Waals surface area contributed by atoms with Gasteiger partial charge in [-0.05, 0) is 30.3 Å². The molecule has 32 heavy (non-hydrogen) atoms. The first kappa shape index (κ1) is 21.4. The van der Waals surface area contributed by atoms with E-state index in [0.717, 1.165) is 21.8 Å². The highest BCUT2D eigenvalue weighted by atomic mass is 16.5. The number of carbonyl (C=O) groups is 1. The molecule has 1 aromatic heterocycles. The minimum Gasteiger partial charge on any atom is -0.493 e. The average molecular weight is 435 g/mol. The fraction of sp³-hybridized carbons (Fsp3) is 0.240. The fourth-order valence-corrected chi connectivity index (χ4v) is 3.83. The smallest absolute Gasteiger partial charge is 0.323 e. The summed E-state index contributed by atoms with van der Waals surface area (Å²) in [6.07, 6.45) is 0.663. The number of aromatic nitrogens is 1. The molecule has 1 heterocycles. The standard InChI is InChI=1S/C25H25NO6/c1-29-22-9-5-10-23(25(22)30-2)32-14-6-13-31-17-11-12-19-18-7-3-4-8-20(18)26(16-24(27)28)21(19)15-17/h3-5,7-12,15H,6,13-14,16H2,1-2H3,(H,27,28). The van der Waals surface area contributed by atoms with Crippen LogP contribution in [0.25, 0.3) is 21.8 Å². The van der Waals surface area contributed by atoms with Gasteiger partial charge in [-0.3, -0.25) is 4.79 Å². The van der Waals surface area contributed by atoms with Gasteiger partial charge in [0.2, 0.25) is 5.75 Å². The molecular weight excluding hydrogens is 410 g/mol. The van der Waals surface area contributed by atoms with E-state index in [2.05, 4.69) is 0 Å². The highest BCUT2D eigenvalue weighted by Gasteiger charge is 2.14. The Morgan fingerprint density at radius 1 is 0.844 bits per heavy atom. The molecule has 0 aliphatic carbocycles. The van der Waals surface area contributed by atoms with Crippen LogP contribution in [0.5, 0.6) is 23.0 Å². The molecule has 3 aromatic carbocycles. The largest absolute Gasteiger partial charge is 0.493 e. The van der Waals surface area contributed by atoms with Crippen molar-refractivity contribution in [2.24, 2.45) is 0 Å². The summed E-state index contributed by atoms with van der Waals surface area (Å²) >= 11 is 0. The zero-order valence-electron chi connectivity index (χ0n) is 18.0. The Morgan fingerprint density at radius 2 is 1.59 bits per heavy atom. The van der Waals surface area contributed by atoms with Gasteiger partial charge >= 0.3 is 5.97 Å². The van der Waals surface area contributed by atoms with E-state index < -0.39 is 5.97 Å². The second-order valence-corrected chi connectivity index (χ2v) is 7.22. The van der Waals surface area contributed by atoms with E-state index >= 15 is 0 Å². The number of ether oxygens (including phenoxy) is 4. The lowest BCUT2D eigenvalue weighted by Gasteiger charge is -2.13. The Hall–Kier alpha value is -3.87. The van der Waals surface area contributed by atoms with Crippen molar-refractivity contribution in [1.29, 1.82) is 0 Å². The highest BCUT2D eigenvalue weighted by Crippen LogP contribution is 2.36. The molecule has 0 radical (unpaired) electrons. The van der Waals surface area contributed by atoms with Gasteiger partial charge in [0.1, 0.15) is 12.3 Å². The van der Waals surface area contributed by atoms with E-state index in [1.54, 1.807) is 18.8 Å². The summed E-state index contributed by atoms with van der Waals surface area (Å²) in [4.78, 5) is 11.4. The van der Waals surface area contributed by atoms with Crippen LogP contribution >= 0.6 is 0 Å². The lowest BCUT2D eigenvalue weighted by Crippen LogP contribution is -2.08. The third kappa shape index (κ3) is 4.27. The number of carboxylic acids is 1. The molecule has 0 spiro atoms. The summed E-state index contributed by atoms with van der Waals surface area (Å²) < 4.78 is 24.2. The number of hydrogen-bond acceptors (Lipinski definition) is 5. The van der Waals surface area contributed by atoms with Gasteiger partial charge in [-0.1, -0.05) is 24.3 Å². The number of methoxy groups -OCH3 is 2.